The number of esters is 3. The summed E-state index contributed by atoms with van der Waals surface area (Å²) in [4.78, 5) is 54.4. The third-order valence-electron chi connectivity index (χ3n) is 10.8. The summed E-state index contributed by atoms with van der Waals surface area (Å²) in [6.45, 7) is -0.674. The minimum atomic E-state index is -1.75. The summed E-state index contributed by atoms with van der Waals surface area (Å²) in [6, 6.07) is 42.4. The van der Waals surface area contributed by atoms with E-state index in [2.05, 4.69) is 5.32 Å². The number of hydrogen-bond acceptors (Lipinski definition) is 15. The topological polar surface area (TPSA) is 193 Å². The molecule has 0 bridgehead atoms. The average molecular weight is 906 g/mol. The lowest BCUT2D eigenvalue weighted by Gasteiger charge is -2.49. The van der Waals surface area contributed by atoms with Gasteiger partial charge in [-0.25, -0.2) is 19.2 Å². The van der Waals surface area contributed by atoms with Gasteiger partial charge in [-0.15, -0.1) is 0 Å². The Hall–Kier alpha value is -6.50. The summed E-state index contributed by atoms with van der Waals surface area (Å²) < 4.78 is 60.9. The number of carbonyl (C=O) groups is 4. The molecule has 2 heterocycles. The van der Waals surface area contributed by atoms with Crippen LogP contribution >= 0.6 is 0 Å². The molecule has 2 N–H and O–H groups in total. The van der Waals surface area contributed by atoms with Crippen molar-refractivity contribution in [3.8, 4) is 0 Å². The summed E-state index contributed by atoms with van der Waals surface area (Å²) in [7, 11) is 2.48. The molecule has 0 radical (unpaired) electrons. The van der Waals surface area contributed by atoms with Crippen molar-refractivity contribution in [1.82, 2.24) is 5.32 Å². The van der Waals surface area contributed by atoms with Crippen molar-refractivity contribution in [2.24, 2.45) is 0 Å². The fraction of sp³-hybridized carbons (Fsp3) is 0.320. The Morgan fingerprint density at radius 1 is 0.561 bits per heavy atom. The van der Waals surface area contributed by atoms with Gasteiger partial charge in [-0.3, -0.25) is 0 Å². The van der Waals surface area contributed by atoms with E-state index < -0.39 is 92.0 Å². The molecule has 10 atom stereocenters. The number of alkyl carbamates (subject to hydrolysis) is 1. The molecule has 2 aliphatic rings. The molecule has 16 heteroatoms. The fourth-order valence-electron chi connectivity index (χ4n) is 7.49. The summed E-state index contributed by atoms with van der Waals surface area (Å²) in [5, 5.41) is 14.6. The number of hydrogen-bond donors (Lipinski definition) is 2. The van der Waals surface area contributed by atoms with Gasteiger partial charge in [-0.05, 0) is 41.0 Å². The van der Waals surface area contributed by atoms with Crippen LogP contribution in [0.5, 0.6) is 0 Å². The molecule has 5 aromatic rings. The molecule has 2 saturated heterocycles. The van der Waals surface area contributed by atoms with Crippen molar-refractivity contribution in [1.29, 1.82) is 0 Å². The standard InChI is InChI=1S/C50H51NO15/c1-57-47(55)43-39(52)42(60-29-33-20-10-4-11-21-33)44(64-46(54)36-26-16-7-17-27-36)49(66-43)65-40-37(31-61-45(53)35-24-14-6-15-25-35)63-48(58-2)38(41(40)59-28-32-18-8-3-9-19-32)51-50(56)62-30-34-22-12-5-13-23-34/h3-27,37-44,48-49,52H,28-31H2,1-2H3,(H,51,56)/t37-,38-,39+,40-,41-,42+,43-,44-,48+,49-/m1/s1. The molecule has 0 aliphatic carbocycles. The van der Waals surface area contributed by atoms with E-state index in [9.17, 15) is 24.3 Å². The number of ether oxygens (including phenoxy) is 10. The molecule has 2 aliphatic heterocycles. The molecule has 0 spiro atoms. The maximum absolute atomic E-state index is 13.9. The van der Waals surface area contributed by atoms with Gasteiger partial charge in [0.15, 0.2) is 24.8 Å². The number of nitrogens with one attached hydrogen (secondary N) is 1. The molecule has 7 rings (SSSR count). The monoisotopic (exact) mass is 905 g/mol. The zero-order valence-corrected chi connectivity index (χ0v) is 36.2. The second-order valence-corrected chi connectivity index (χ2v) is 15.3. The van der Waals surface area contributed by atoms with Crippen molar-refractivity contribution >= 4 is 24.0 Å². The highest BCUT2D eigenvalue weighted by Gasteiger charge is 2.56. The number of methoxy groups -OCH3 is 2. The van der Waals surface area contributed by atoms with Gasteiger partial charge < -0.3 is 57.8 Å². The Labute approximate surface area is 381 Å². The highest BCUT2D eigenvalue weighted by Crippen LogP contribution is 2.35. The van der Waals surface area contributed by atoms with Crippen molar-refractivity contribution in [3.63, 3.8) is 0 Å². The third-order valence-corrected chi connectivity index (χ3v) is 10.8. The fourth-order valence-corrected chi connectivity index (χ4v) is 7.49. The number of aliphatic hydroxyl groups excluding tert-OH is 1. The molecule has 346 valence electrons. The van der Waals surface area contributed by atoms with Crippen LogP contribution in [0.4, 0.5) is 4.79 Å². The maximum Gasteiger partial charge on any atom is 0.407 e. The molecule has 5 aromatic carbocycles. The molecule has 2 fully saturated rings. The van der Waals surface area contributed by atoms with Crippen LogP contribution in [0.25, 0.3) is 0 Å². The number of benzene rings is 5. The van der Waals surface area contributed by atoms with Crippen molar-refractivity contribution in [3.05, 3.63) is 179 Å². The first-order chi connectivity index (χ1) is 32.2. The zero-order valence-electron chi connectivity index (χ0n) is 36.2. The summed E-state index contributed by atoms with van der Waals surface area (Å²) in [6.07, 6.45) is -14.4. The lowest BCUT2D eigenvalue weighted by Crippen LogP contribution is -2.69. The molecular formula is C50H51NO15. The summed E-state index contributed by atoms with van der Waals surface area (Å²) in [5.74, 6) is -2.51. The van der Waals surface area contributed by atoms with Crippen LogP contribution in [0.15, 0.2) is 152 Å². The second-order valence-electron chi connectivity index (χ2n) is 15.3. The van der Waals surface area contributed by atoms with Gasteiger partial charge >= 0.3 is 24.0 Å². The summed E-state index contributed by atoms with van der Waals surface area (Å²) in [5.41, 5.74) is 2.57. The molecule has 0 unspecified atom stereocenters. The zero-order chi connectivity index (χ0) is 46.3. The highest BCUT2D eigenvalue weighted by atomic mass is 16.8. The van der Waals surface area contributed by atoms with Gasteiger partial charge in [-0.2, -0.15) is 0 Å². The minimum absolute atomic E-state index is 0.0418. The first kappa shape index (κ1) is 47.5. The lowest BCUT2D eigenvalue weighted by atomic mass is 9.94. The van der Waals surface area contributed by atoms with Crippen LogP contribution < -0.4 is 5.32 Å². The van der Waals surface area contributed by atoms with E-state index in [4.69, 9.17) is 47.4 Å². The molecule has 1 amide bonds. The van der Waals surface area contributed by atoms with E-state index in [1.807, 2.05) is 54.6 Å². The Morgan fingerprint density at radius 2 is 1.06 bits per heavy atom. The van der Waals surface area contributed by atoms with E-state index in [1.165, 1.54) is 19.2 Å². The Balaban J connectivity index is 1.28. The first-order valence-electron chi connectivity index (χ1n) is 21.2. The van der Waals surface area contributed by atoms with Gasteiger partial charge in [0.1, 0.15) is 49.8 Å². The summed E-state index contributed by atoms with van der Waals surface area (Å²) >= 11 is 0. The van der Waals surface area contributed by atoms with Crippen LogP contribution in [-0.2, 0) is 72.0 Å². The van der Waals surface area contributed by atoms with Gasteiger partial charge in [0, 0.05) is 7.11 Å². The molecular weight excluding hydrogens is 855 g/mol. The smallest absolute Gasteiger partial charge is 0.407 e. The van der Waals surface area contributed by atoms with Crippen LogP contribution in [0.3, 0.4) is 0 Å². The Bertz CT molecular complexity index is 2290. The van der Waals surface area contributed by atoms with E-state index in [0.29, 0.717) is 5.56 Å². The van der Waals surface area contributed by atoms with Crippen LogP contribution in [-0.4, -0.2) is 111 Å². The lowest BCUT2D eigenvalue weighted by molar-refractivity contribution is -0.348. The van der Waals surface area contributed by atoms with Crippen LogP contribution in [0.1, 0.15) is 37.4 Å². The van der Waals surface area contributed by atoms with Crippen LogP contribution in [0, 0.1) is 0 Å². The first-order valence-corrected chi connectivity index (χ1v) is 21.2. The van der Waals surface area contributed by atoms with Crippen LogP contribution in [0.2, 0.25) is 0 Å². The molecule has 0 aromatic heterocycles. The normalized spacial score (nSPS) is 24.9. The number of carbonyl (C=O) groups excluding carboxylic acids is 4. The third kappa shape index (κ3) is 12.4. The van der Waals surface area contributed by atoms with E-state index in [1.54, 1.807) is 84.9 Å². The van der Waals surface area contributed by atoms with Crippen molar-refractivity contribution < 1.29 is 71.7 Å². The number of amides is 1. The molecule has 0 saturated carbocycles. The van der Waals surface area contributed by atoms with Gasteiger partial charge in [0.2, 0.25) is 0 Å². The SMILES string of the molecule is COC(=O)[C@@H]1O[C@@H](O[C@H]2[C@H](OCc3ccccc3)[C@@H](NC(=O)OCc3ccccc3)[C@@H](OC)O[C@@H]2COC(=O)c2ccccc2)[C@H](OC(=O)c2ccccc2)[C@@H](OCc2ccccc2)[C@@H]1O. The predicted octanol–water partition coefficient (Wildman–Crippen LogP) is 5.55. The average Bonchev–Trinajstić information content (AvgIpc) is 3.36. The maximum atomic E-state index is 13.9. The number of rotatable bonds is 18. The highest BCUT2D eigenvalue weighted by molar-refractivity contribution is 5.90. The largest absolute Gasteiger partial charge is 0.467 e. The predicted molar refractivity (Wildman–Crippen MR) is 233 cm³/mol. The Kier molecular flexibility index (Phi) is 17.0. The van der Waals surface area contributed by atoms with Crippen molar-refractivity contribution in [2.75, 3.05) is 20.8 Å². The second kappa shape index (κ2) is 23.6. The van der Waals surface area contributed by atoms with Gasteiger partial charge in [0.05, 0.1) is 31.5 Å². The minimum Gasteiger partial charge on any atom is -0.467 e. The van der Waals surface area contributed by atoms with E-state index >= 15 is 0 Å². The Morgan fingerprint density at radius 3 is 1.59 bits per heavy atom. The van der Waals surface area contributed by atoms with E-state index in [0.717, 1.165) is 18.2 Å². The molecule has 66 heavy (non-hydrogen) atoms. The number of aliphatic hydroxyl groups is 1. The van der Waals surface area contributed by atoms with Crippen molar-refractivity contribution in [2.45, 2.75) is 81.2 Å². The van der Waals surface area contributed by atoms with E-state index in [-0.39, 0.29) is 30.9 Å². The molecule has 16 nitrogen and oxygen atoms in total. The quantitative estimate of drug-likeness (QED) is 0.0821. The van der Waals surface area contributed by atoms with Gasteiger partial charge in [0.25, 0.3) is 0 Å². The van der Waals surface area contributed by atoms with Gasteiger partial charge in [-0.1, -0.05) is 127 Å².